The van der Waals surface area contributed by atoms with E-state index >= 15 is 0 Å². The first-order valence-electron chi connectivity index (χ1n) is 7.07. The fourth-order valence-corrected chi connectivity index (χ4v) is 2.65. The Morgan fingerprint density at radius 2 is 2.10 bits per heavy atom. The molecule has 5 nitrogen and oxygen atoms in total. The molecule has 1 saturated carbocycles. The van der Waals surface area contributed by atoms with Crippen LogP contribution in [0.25, 0.3) is 0 Å². The van der Waals surface area contributed by atoms with Gasteiger partial charge in [0.25, 0.3) is 0 Å². The Labute approximate surface area is 118 Å². The molecule has 0 aromatic heterocycles. The number of nitrogens with two attached hydrogens (primary N) is 1. The maximum absolute atomic E-state index is 12.0. The summed E-state index contributed by atoms with van der Waals surface area (Å²) in [6, 6.07) is 7.57. The van der Waals surface area contributed by atoms with E-state index in [1.54, 1.807) is 0 Å². The molecule has 0 atom stereocenters. The van der Waals surface area contributed by atoms with Crippen LogP contribution in [0.2, 0.25) is 0 Å². The van der Waals surface area contributed by atoms with E-state index in [-0.39, 0.29) is 17.7 Å². The molecule has 1 aliphatic carbocycles. The van der Waals surface area contributed by atoms with Gasteiger partial charge in [0, 0.05) is 23.2 Å². The first-order chi connectivity index (χ1) is 9.65. The zero-order chi connectivity index (χ0) is 14.0. The highest BCUT2D eigenvalue weighted by Gasteiger charge is 2.34. The Kier molecular flexibility index (Phi) is 3.74. The quantitative estimate of drug-likeness (QED) is 0.881. The third-order valence-electron chi connectivity index (χ3n) is 3.93. The van der Waals surface area contributed by atoms with Crippen LogP contribution in [0.15, 0.2) is 24.3 Å². The lowest BCUT2D eigenvalue weighted by atomic mass is 9.75. The summed E-state index contributed by atoms with van der Waals surface area (Å²) < 4.78 is 10.9. The van der Waals surface area contributed by atoms with Gasteiger partial charge >= 0.3 is 0 Å². The van der Waals surface area contributed by atoms with Gasteiger partial charge in [-0.05, 0) is 31.4 Å². The van der Waals surface area contributed by atoms with Crippen molar-refractivity contribution in [1.29, 1.82) is 0 Å². The summed E-state index contributed by atoms with van der Waals surface area (Å²) in [5, 5.41) is 2.90. The van der Waals surface area contributed by atoms with Gasteiger partial charge in [0.2, 0.25) is 5.91 Å². The number of carbonyl (C=O) groups excluding carboxylic acids is 1. The summed E-state index contributed by atoms with van der Waals surface area (Å²) in [5.41, 5.74) is 7.48. The van der Waals surface area contributed by atoms with Gasteiger partial charge in [-0.3, -0.25) is 4.79 Å². The van der Waals surface area contributed by atoms with Crippen LogP contribution in [0.5, 0.6) is 0 Å². The largest absolute Gasteiger partial charge is 0.346 e. The molecule has 2 aliphatic rings. The lowest BCUT2D eigenvalue weighted by molar-refractivity contribution is -0.118. The minimum Gasteiger partial charge on any atom is -0.346 e. The Morgan fingerprint density at radius 3 is 2.75 bits per heavy atom. The van der Waals surface area contributed by atoms with Crippen LogP contribution in [0.1, 0.15) is 37.5 Å². The predicted molar refractivity (Wildman–Crippen MR) is 75.1 cm³/mol. The van der Waals surface area contributed by atoms with E-state index in [0.717, 1.165) is 30.5 Å². The maximum atomic E-state index is 12.0. The van der Waals surface area contributed by atoms with Gasteiger partial charge < -0.3 is 20.5 Å². The summed E-state index contributed by atoms with van der Waals surface area (Å²) in [6.07, 6.45) is 3.05. The molecule has 2 fully saturated rings. The van der Waals surface area contributed by atoms with Crippen LogP contribution < -0.4 is 11.1 Å². The maximum Gasteiger partial charge on any atom is 0.226 e. The number of ether oxygens (including phenoxy) is 2. The van der Waals surface area contributed by atoms with E-state index in [2.05, 4.69) is 5.32 Å². The second-order valence-electron chi connectivity index (χ2n) is 5.64. The summed E-state index contributed by atoms with van der Waals surface area (Å²) in [4.78, 5) is 12.0. The van der Waals surface area contributed by atoms with Crippen molar-refractivity contribution in [2.75, 3.05) is 18.5 Å². The molecule has 1 aliphatic heterocycles. The van der Waals surface area contributed by atoms with Gasteiger partial charge in [-0.15, -0.1) is 0 Å². The summed E-state index contributed by atoms with van der Waals surface area (Å²) in [6.45, 7) is 1.22. The zero-order valence-electron chi connectivity index (χ0n) is 11.4. The van der Waals surface area contributed by atoms with Crippen LogP contribution in [0.3, 0.4) is 0 Å². The Balaban J connectivity index is 1.61. The van der Waals surface area contributed by atoms with Crippen molar-refractivity contribution >= 4 is 11.6 Å². The van der Waals surface area contributed by atoms with E-state index in [4.69, 9.17) is 15.2 Å². The first-order valence-corrected chi connectivity index (χ1v) is 7.07. The molecule has 0 unspecified atom stereocenters. The van der Waals surface area contributed by atoms with E-state index in [1.807, 2.05) is 24.3 Å². The van der Waals surface area contributed by atoms with Crippen molar-refractivity contribution in [2.45, 2.75) is 37.5 Å². The molecule has 3 N–H and O–H groups in total. The lowest BCUT2D eigenvalue weighted by Crippen LogP contribution is -2.48. The van der Waals surface area contributed by atoms with Gasteiger partial charge in [0.1, 0.15) is 0 Å². The Morgan fingerprint density at radius 1 is 1.35 bits per heavy atom. The molecular formula is C15H20N2O3. The molecule has 1 heterocycles. The third-order valence-corrected chi connectivity index (χ3v) is 3.93. The zero-order valence-corrected chi connectivity index (χ0v) is 11.4. The number of amides is 1. The van der Waals surface area contributed by atoms with Crippen molar-refractivity contribution in [3.8, 4) is 0 Å². The van der Waals surface area contributed by atoms with E-state index in [0.29, 0.717) is 19.6 Å². The Hall–Kier alpha value is -1.43. The highest BCUT2D eigenvalue weighted by molar-refractivity contribution is 5.91. The van der Waals surface area contributed by atoms with Gasteiger partial charge in [0.05, 0.1) is 13.2 Å². The molecular weight excluding hydrogens is 256 g/mol. The van der Waals surface area contributed by atoms with Crippen molar-refractivity contribution in [2.24, 2.45) is 5.73 Å². The molecule has 0 spiro atoms. The van der Waals surface area contributed by atoms with Crippen LogP contribution in [0, 0.1) is 0 Å². The Bertz CT molecular complexity index is 494. The number of carbonyl (C=O) groups is 1. The molecule has 1 amide bonds. The smallest absolute Gasteiger partial charge is 0.226 e. The number of nitrogens with one attached hydrogen (secondary N) is 1. The van der Waals surface area contributed by atoms with Gasteiger partial charge in [-0.2, -0.15) is 0 Å². The van der Waals surface area contributed by atoms with Crippen molar-refractivity contribution < 1.29 is 14.3 Å². The first kappa shape index (κ1) is 13.5. The average Bonchev–Trinajstić information content (AvgIpc) is 2.91. The fourth-order valence-electron chi connectivity index (χ4n) is 2.65. The van der Waals surface area contributed by atoms with E-state index in [9.17, 15) is 4.79 Å². The molecule has 108 valence electrons. The molecule has 1 aromatic rings. The number of hydrogen-bond donors (Lipinski definition) is 2. The summed E-state index contributed by atoms with van der Waals surface area (Å²) in [5.74, 6) is -0.0300. The van der Waals surface area contributed by atoms with Crippen LogP contribution in [-0.2, 0) is 14.3 Å². The molecule has 1 aromatic carbocycles. The van der Waals surface area contributed by atoms with Gasteiger partial charge in [-0.25, -0.2) is 0 Å². The van der Waals surface area contributed by atoms with Crippen LogP contribution in [-0.4, -0.2) is 24.7 Å². The summed E-state index contributed by atoms with van der Waals surface area (Å²) in [7, 11) is 0. The fraction of sp³-hybridized carbons (Fsp3) is 0.533. The topological polar surface area (TPSA) is 73.6 Å². The number of anilines is 1. The summed E-state index contributed by atoms with van der Waals surface area (Å²) >= 11 is 0. The highest BCUT2D eigenvalue weighted by atomic mass is 16.7. The molecule has 0 radical (unpaired) electrons. The predicted octanol–water partition coefficient (Wildman–Crippen LogP) is 1.94. The van der Waals surface area contributed by atoms with Crippen molar-refractivity contribution in [3.63, 3.8) is 0 Å². The van der Waals surface area contributed by atoms with E-state index < -0.39 is 0 Å². The molecule has 5 heteroatoms. The van der Waals surface area contributed by atoms with Gasteiger partial charge in [-0.1, -0.05) is 12.1 Å². The highest BCUT2D eigenvalue weighted by Crippen LogP contribution is 2.32. The van der Waals surface area contributed by atoms with Gasteiger partial charge in [0.15, 0.2) is 6.29 Å². The normalized spacial score (nSPS) is 21.4. The SMILES string of the molecule is NC1(CC(=O)Nc2cccc(C3OCCO3)c2)CCC1. The molecule has 20 heavy (non-hydrogen) atoms. The molecule has 0 bridgehead atoms. The number of rotatable bonds is 4. The monoisotopic (exact) mass is 276 g/mol. The number of benzene rings is 1. The second kappa shape index (κ2) is 5.52. The molecule has 3 rings (SSSR count). The second-order valence-corrected chi connectivity index (χ2v) is 5.64. The standard InChI is InChI=1S/C15H20N2O3/c16-15(5-2-6-15)10-13(18)17-12-4-1-3-11(9-12)14-19-7-8-20-14/h1,3-4,9,14H,2,5-8,10,16H2,(H,17,18). The van der Waals surface area contributed by atoms with E-state index in [1.165, 1.54) is 0 Å². The number of hydrogen-bond acceptors (Lipinski definition) is 4. The minimum absolute atomic E-state index is 0.0300. The third kappa shape index (κ3) is 3.00. The lowest BCUT2D eigenvalue weighted by Gasteiger charge is -2.37. The van der Waals surface area contributed by atoms with Crippen molar-refractivity contribution in [3.05, 3.63) is 29.8 Å². The van der Waals surface area contributed by atoms with Crippen LogP contribution >= 0.6 is 0 Å². The minimum atomic E-state index is -0.320. The average molecular weight is 276 g/mol. The molecule has 1 saturated heterocycles. The van der Waals surface area contributed by atoms with Crippen molar-refractivity contribution in [1.82, 2.24) is 0 Å². The van der Waals surface area contributed by atoms with Crippen LogP contribution in [0.4, 0.5) is 5.69 Å².